The van der Waals surface area contributed by atoms with Crippen LogP contribution in [0, 0.1) is 6.92 Å². The number of hydrogen-bond acceptors (Lipinski definition) is 4. The first-order chi connectivity index (χ1) is 10.2. The quantitative estimate of drug-likeness (QED) is 0.810. The molecule has 0 N–H and O–H groups in total. The van der Waals surface area contributed by atoms with Crippen molar-refractivity contribution in [3.8, 4) is 11.5 Å². The Morgan fingerprint density at radius 3 is 2.76 bits per heavy atom. The number of aryl methyl sites for hydroxylation is 2. The van der Waals surface area contributed by atoms with E-state index in [1.54, 1.807) is 18.2 Å². The summed E-state index contributed by atoms with van der Waals surface area (Å²) in [4.78, 5) is 12.4. The Hall–Kier alpha value is -2.30. The van der Waals surface area contributed by atoms with E-state index in [-0.39, 0.29) is 5.78 Å². The van der Waals surface area contributed by atoms with E-state index in [2.05, 4.69) is 5.10 Å². The maximum absolute atomic E-state index is 12.4. The van der Waals surface area contributed by atoms with Crippen LogP contribution < -0.4 is 9.47 Å². The third-order valence-electron chi connectivity index (χ3n) is 3.49. The number of carbonyl (C=O) groups excluding carboxylic acids is 1. The predicted molar refractivity (Wildman–Crippen MR) is 78.1 cm³/mol. The van der Waals surface area contributed by atoms with Gasteiger partial charge in [0.05, 0.1) is 12.1 Å². The van der Waals surface area contributed by atoms with Crippen molar-refractivity contribution in [2.75, 3.05) is 13.2 Å². The first kappa shape index (κ1) is 13.7. The van der Waals surface area contributed by atoms with Crippen molar-refractivity contribution in [3.05, 3.63) is 41.2 Å². The normalized spacial score (nSPS) is 13.2. The molecule has 2 heterocycles. The van der Waals surface area contributed by atoms with E-state index in [9.17, 15) is 4.79 Å². The Labute approximate surface area is 123 Å². The highest BCUT2D eigenvalue weighted by atomic mass is 16.6. The molecular weight excluding hydrogens is 268 g/mol. The van der Waals surface area contributed by atoms with Crippen LogP contribution in [0.25, 0.3) is 0 Å². The Kier molecular flexibility index (Phi) is 3.64. The molecule has 0 aliphatic carbocycles. The van der Waals surface area contributed by atoms with Crippen molar-refractivity contribution in [1.82, 2.24) is 9.78 Å². The van der Waals surface area contributed by atoms with E-state index < -0.39 is 0 Å². The van der Waals surface area contributed by atoms with Crippen LogP contribution in [-0.2, 0) is 13.0 Å². The number of rotatable bonds is 4. The third-order valence-corrected chi connectivity index (χ3v) is 3.49. The van der Waals surface area contributed by atoms with Crippen LogP contribution in [-0.4, -0.2) is 28.8 Å². The second kappa shape index (κ2) is 5.60. The van der Waals surface area contributed by atoms with Crippen LogP contribution >= 0.6 is 0 Å². The van der Waals surface area contributed by atoms with Gasteiger partial charge < -0.3 is 9.47 Å². The number of hydrogen-bond donors (Lipinski definition) is 0. The summed E-state index contributed by atoms with van der Waals surface area (Å²) < 4.78 is 12.9. The highest BCUT2D eigenvalue weighted by molar-refractivity contribution is 5.98. The number of ether oxygens (including phenoxy) is 2. The van der Waals surface area contributed by atoms with Gasteiger partial charge in [-0.05, 0) is 38.1 Å². The molecule has 1 aliphatic rings. The standard InChI is InChI=1S/C16H18N2O3/c1-3-18-13(8-11(2)17-18)10-14(19)12-4-5-15-16(9-12)21-7-6-20-15/h4-5,8-9H,3,6-7,10H2,1-2H3. The lowest BCUT2D eigenvalue weighted by Crippen LogP contribution is -2.16. The van der Waals surface area contributed by atoms with E-state index in [4.69, 9.17) is 9.47 Å². The molecule has 3 rings (SSSR count). The lowest BCUT2D eigenvalue weighted by Gasteiger charge is -2.18. The molecule has 0 saturated heterocycles. The second-order valence-electron chi connectivity index (χ2n) is 5.05. The minimum atomic E-state index is 0.0570. The fourth-order valence-electron chi connectivity index (χ4n) is 2.50. The number of carbonyl (C=O) groups is 1. The topological polar surface area (TPSA) is 53.4 Å². The van der Waals surface area contributed by atoms with Crippen LogP contribution in [0.3, 0.4) is 0 Å². The van der Waals surface area contributed by atoms with Gasteiger partial charge in [0.15, 0.2) is 17.3 Å². The summed E-state index contributed by atoms with van der Waals surface area (Å²) in [7, 11) is 0. The number of Topliss-reactive ketones (excluding diaryl/α,β-unsaturated/α-hetero) is 1. The van der Waals surface area contributed by atoms with Gasteiger partial charge in [-0.1, -0.05) is 0 Å². The van der Waals surface area contributed by atoms with Gasteiger partial charge in [0.25, 0.3) is 0 Å². The Morgan fingerprint density at radius 2 is 2.00 bits per heavy atom. The van der Waals surface area contributed by atoms with Gasteiger partial charge in [0.2, 0.25) is 0 Å². The van der Waals surface area contributed by atoms with Gasteiger partial charge in [0.1, 0.15) is 13.2 Å². The monoisotopic (exact) mass is 286 g/mol. The zero-order valence-electron chi connectivity index (χ0n) is 12.3. The van der Waals surface area contributed by atoms with Gasteiger partial charge in [-0.3, -0.25) is 9.48 Å². The minimum absolute atomic E-state index is 0.0570. The van der Waals surface area contributed by atoms with Crippen molar-refractivity contribution in [3.63, 3.8) is 0 Å². The van der Waals surface area contributed by atoms with Gasteiger partial charge in [-0.15, -0.1) is 0 Å². The number of nitrogens with zero attached hydrogens (tertiary/aromatic N) is 2. The summed E-state index contributed by atoms with van der Waals surface area (Å²) in [6.45, 7) is 5.79. The highest BCUT2D eigenvalue weighted by Crippen LogP contribution is 2.31. The number of ketones is 1. The number of fused-ring (bicyclic) bond motifs is 1. The smallest absolute Gasteiger partial charge is 0.168 e. The van der Waals surface area contributed by atoms with Crippen molar-refractivity contribution in [2.24, 2.45) is 0 Å². The molecule has 5 heteroatoms. The van der Waals surface area contributed by atoms with Crippen LogP contribution in [0.1, 0.15) is 28.7 Å². The number of aromatic nitrogens is 2. The maximum Gasteiger partial charge on any atom is 0.168 e. The highest BCUT2D eigenvalue weighted by Gasteiger charge is 2.16. The molecule has 1 aromatic carbocycles. The molecule has 0 unspecified atom stereocenters. The summed E-state index contributed by atoms with van der Waals surface area (Å²) in [6, 6.07) is 7.30. The molecule has 0 radical (unpaired) electrons. The van der Waals surface area contributed by atoms with E-state index in [0.29, 0.717) is 36.7 Å². The van der Waals surface area contributed by atoms with Crippen molar-refractivity contribution in [1.29, 1.82) is 0 Å². The van der Waals surface area contributed by atoms with Crippen LogP contribution in [0.15, 0.2) is 24.3 Å². The number of benzene rings is 1. The molecule has 2 aromatic rings. The average Bonchev–Trinajstić information content (AvgIpc) is 2.86. The summed E-state index contributed by atoms with van der Waals surface area (Å²) in [5.41, 5.74) is 2.51. The minimum Gasteiger partial charge on any atom is -0.486 e. The summed E-state index contributed by atoms with van der Waals surface area (Å²) >= 11 is 0. The van der Waals surface area contributed by atoms with Crippen molar-refractivity contribution < 1.29 is 14.3 Å². The summed E-state index contributed by atoms with van der Waals surface area (Å²) in [6.07, 6.45) is 0.342. The van der Waals surface area contributed by atoms with Crippen molar-refractivity contribution >= 4 is 5.78 Å². The lowest BCUT2D eigenvalue weighted by atomic mass is 10.1. The maximum atomic E-state index is 12.4. The fraction of sp³-hybridized carbons (Fsp3) is 0.375. The zero-order valence-corrected chi connectivity index (χ0v) is 12.3. The SMILES string of the molecule is CCn1nc(C)cc1CC(=O)c1ccc2c(c1)OCCO2. The molecule has 0 saturated carbocycles. The van der Waals surface area contributed by atoms with Gasteiger partial charge in [0, 0.05) is 17.8 Å². The zero-order chi connectivity index (χ0) is 14.8. The summed E-state index contributed by atoms with van der Waals surface area (Å²) in [5, 5.41) is 4.37. The van der Waals surface area contributed by atoms with Gasteiger partial charge in [-0.25, -0.2) is 0 Å². The Bertz CT molecular complexity index is 676. The van der Waals surface area contributed by atoms with Crippen LogP contribution in [0.2, 0.25) is 0 Å². The summed E-state index contributed by atoms with van der Waals surface area (Å²) in [5.74, 6) is 1.40. The molecule has 1 aliphatic heterocycles. The van der Waals surface area contributed by atoms with Crippen LogP contribution in [0.5, 0.6) is 11.5 Å². The van der Waals surface area contributed by atoms with Gasteiger partial charge in [-0.2, -0.15) is 5.10 Å². The molecule has 21 heavy (non-hydrogen) atoms. The molecule has 0 amide bonds. The molecule has 1 aromatic heterocycles. The molecule has 0 atom stereocenters. The lowest BCUT2D eigenvalue weighted by molar-refractivity contribution is 0.0989. The molecule has 110 valence electrons. The first-order valence-corrected chi connectivity index (χ1v) is 7.13. The first-order valence-electron chi connectivity index (χ1n) is 7.13. The van der Waals surface area contributed by atoms with Crippen LogP contribution in [0.4, 0.5) is 0 Å². The Morgan fingerprint density at radius 1 is 1.24 bits per heavy atom. The molecular formula is C16H18N2O3. The molecule has 0 bridgehead atoms. The largest absolute Gasteiger partial charge is 0.486 e. The molecule has 0 fully saturated rings. The second-order valence-corrected chi connectivity index (χ2v) is 5.05. The van der Waals surface area contributed by atoms with E-state index >= 15 is 0 Å². The van der Waals surface area contributed by atoms with E-state index in [1.165, 1.54) is 0 Å². The van der Waals surface area contributed by atoms with Gasteiger partial charge >= 0.3 is 0 Å². The molecule has 5 nitrogen and oxygen atoms in total. The third kappa shape index (κ3) is 2.77. The molecule has 0 spiro atoms. The van der Waals surface area contributed by atoms with E-state index in [1.807, 2.05) is 24.6 Å². The average molecular weight is 286 g/mol. The van der Waals surface area contributed by atoms with E-state index in [0.717, 1.165) is 17.9 Å². The van der Waals surface area contributed by atoms with Crippen molar-refractivity contribution in [2.45, 2.75) is 26.8 Å². The predicted octanol–water partition coefficient (Wildman–Crippen LogP) is 2.41. The Balaban J connectivity index is 1.82. The fourth-order valence-corrected chi connectivity index (χ4v) is 2.50.